The third kappa shape index (κ3) is 4.75. The van der Waals surface area contributed by atoms with Crippen molar-refractivity contribution in [3.05, 3.63) is 59.7 Å². The molecule has 1 fully saturated rings. The number of carbonyl (C=O) groups is 1. The van der Waals surface area contributed by atoms with Crippen LogP contribution in [0.15, 0.2) is 48.5 Å². The highest BCUT2D eigenvalue weighted by Crippen LogP contribution is 2.27. The van der Waals surface area contributed by atoms with Crippen LogP contribution in [0.3, 0.4) is 0 Å². The Morgan fingerprint density at radius 3 is 2.41 bits per heavy atom. The second-order valence-electron chi connectivity index (χ2n) is 7.66. The van der Waals surface area contributed by atoms with Crippen LogP contribution in [0.4, 0.5) is 0 Å². The second kappa shape index (κ2) is 8.83. The van der Waals surface area contributed by atoms with Gasteiger partial charge >= 0.3 is 0 Å². The van der Waals surface area contributed by atoms with Crippen LogP contribution in [0.1, 0.15) is 36.2 Å². The number of amides is 1. The fraction of sp³-hybridized carbons (Fsp3) is 0.391. The molecule has 0 saturated carbocycles. The minimum absolute atomic E-state index is 0.0866. The summed E-state index contributed by atoms with van der Waals surface area (Å²) in [6.07, 6.45) is 1.29. The van der Waals surface area contributed by atoms with Gasteiger partial charge in [0.05, 0.1) is 11.6 Å². The summed E-state index contributed by atoms with van der Waals surface area (Å²) in [4.78, 5) is 15.2. The minimum atomic E-state index is -0.0866. The summed E-state index contributed by atoms with van der Waals surface area (Å²) < 4.78 is 0. The summed E-state index contributed by atoms with van der Waals surface area (Å²) in [6.45, 7) is 8.30. The van der Waals surface area contributed by atoms with Crippen molar-refractivity contribution in [1.29, 1.82) is 5.26 Å². The topological polar surface area (TPSA) is 56.1 Å². The van der Waals surface area contributed by atoms with Crippen LogP contribution >= 0.6 is 0 Å². The van der Waals surface area contributed by atoms with E-state index in [1.165, 1.54) is 6.42 Å². The van der Waals surface area contributed by atoms with E-state index >= 15 is 0 Å². The molecule has 1 heterocycles. The van der Waals surface area contributed by atoms with Crippen molar-refractivity contribution >= 4 is 5.91 Å². The van der Waals surface area contributed by atoms with Crippen molar-refractivity contribution in [2.24, 2.45) is 11.8 Å². The summed E-state index contributed by atoms with van der Waals surface area (Å²) in [5.41, 5.74) is 2.78. The number of piperidine rings is 1. The molecule has 0 bridgehead atoms. The highest BCUT2D eigenvalue weighted by molar-refractivity contribution is 6.01. The molecule has 2 aromatic rings. The van der Waals surface area contributed by atoms with E-state index in [0.717, 1.165) is 30.8 Å². The van der Waals surface area contributed by atoms with Gasteiger partial charge < -0.3 is 10.2 Å². The van der Waals surface area contributed by atoms with Crippen LogP contribution in [-0.4, -0.2) is 37.0 Å². The molecule has 2 unspecified atom stereocenters. The van der Waals surface area contributed by atoms with Crippen LogP contribution in [0.2, 0.25) is 0 Å². The molecule has 1 N–H and O–H groups in total. The van der Waals surface area contributed by atoms with Gasteiger partial charge in [-0.15, -0.1) is 0 Å². The summed E-state index contributed by atoms with van der Waals surface area (Å²) in [5, 5.41) is 12.4. The Bertz CT molecular complexity index is 830. The predicted molar refractivity (Wildman–Crippen MR) is 108 cm³/mol. The maximum atomic E-state index is 12.8. The van der Waals surface area contributed by atoms with E-state index in [1.54, 1.807) is 6.07 Å². The number of hydrogen-bond acceptors (Lipinski definition) is 3. The van der Waals surface area contributed by atoms with Gasteiger partial charge in [-0.2, -0.15) is 5.26 Å². The summed E-state index contributed by atoms with van der Waals surface area (Å²) in [7, 11) is 0. The van der Waals surface area contributed by atoms with Crippen molar-refractivity contribution in [2.75, 3.05) is 26.2 Å². The Morgan fingerprint density at radius 2 is 1.70 bits per heavy atom. The van der Waals surface area contributed by atoms with E-state index in [-0.39, 0.29) is 5.91 Å². The standard InChI is InChI=1S/C23H27N3O/c1-17-13-18(2)16-26(15-17)12-11-25-23(27)22-10-6-5-9-21(22)20-8-4-3-7-19(20)14-24/h3-10,17-18H,11-13,15-16H2,1-2H3,(H,25,27). The maximum Gasteiger partial charge on any atom is 0.251 e. The van der Waals surface area contributed by atoms with Gasteiger partial charge in [0, 0.05) is 37.3 Å². The third-order valence-electron chi connectivity index (χ3n) is 5.17. The highest BCUT2D eigenvalue weighted by atomic mass is 16.1. The lowest BCUT2D eigenvalue weighted by molar-refractivity contribution is 0.0937. The van der Waals surface area contributed by atoms with Gasteiger partial charge in [0.1, 0.15) is 0 Å². The van der Waals surface area contributed by atoms with Crippen molar-refractivity contribution in [1.82, 2.24) is 10.2 Å². The monoisotopic (exact) mass is 361 g/mol. The van der Waals surface area contributed by atoms with E-state index in [9.17, 15) is 10.1 Å². The Kier molecular flexibility index (Phi) is 6.26. The SMILES string of the molecule is CC1CC(C)CN(CCNC(=O)c2ccccc2-c2ccccc2C#N)C1. The van der Waals surface area contributed by atoms with Gasteiger partial charge in [-0.1, -0.05) is 50.2 Å². The number of benzene rings is 2. The molecule has 1 amide bonds. The molecule has 2 aromatic carbocycles. The normalized spacial score (nSPS) is 20.0. The summed E-state index contributed by atoms with van der Waals surface area (Å²) in [5.74, 6) is 1.34. The summed E-state index contributed by atoms with van der Waals surface area (Å²) in [6, 6.07) is 17.1. The van der Waals surface area contributed by atoms with Crippen molar-refractivity contribution < 1.29 is 4.79 Å². The van der Waals surface area contributed by atoms with E-state index in [0.29, 0.717) is 29.5 Å². The number of hydrogen-bond donors (Lipinski definition) is 1. The fourth-order valence-electron chi connectivity index (χ4n) is 4.13. The Balaban J connectivity index is 1.68. The number of carbonyl (C=O) groups excluding carboxylic acids is 1. The molecule has 4 heteroatoms. The molecule has 3 rings (SSSR count). The zero-order valence-corrected chi connectivity index (χ0v) is 16.1. The van der Waals surface area contributed by atoms with Gasteiger partial charge in [-0.25, -0.2) is 0 Å². The molecule has 4 nitrogen and oxygen atoms in total. The van der Waals surface area contributed by atoms with Crippen LogP contribution in [0.5, 0.6) is 0 Å². The Labute approximate surface area is 161 Å². The molecule has 0 spiro atoms. The predicted octanol–water partition coefficient (Wildman–Crippen LogP) is 3.93. The molecule has 140 valence electrons. The van der Waals surface area contributed by atoms with Crippen LogP contribution in [0.25, 0.3) is 11.1 Å². The molecule has 0 aliphatic carbocycles. The van der Waals surface area contributed by atoms with Crippen LogP contribution in [0, 0.1) is 23.2 Å². The minimum Gasteiger partial charge on any atom is -0.351 e. The lowest BCUT2D eigenvalue weighted by Gasteiger charge is -2.34. The first-order valence-electron chi connectivity index (χ1n) is 9.67. The molecular formula is C23H27N3O. The molecule has 1 aliphatic rings. The average molecular weight is 361 g/mol. The van der Waals surface area contributed by atoms with E-state index in [4.69, 9.17) is 0 Å². The lowest BCUT2D eigenvalue weighted by Crippen LogP contribution is -2.42. The number of rotatable bonds is 5. The molecule has 0 radical (unpaired) electrons. The van der Waals surface area contributed by atoms with Gasteiger partial charge in [0.15, 0.2) is 0 Å². The van der Waals surface area contributed by atoms with Gasteiger partial charge in [0.2, 0.25) is 0 Å². The first-order chi connectivity index (χ1) is 13.1. The highest BCUT2D eigenvalue weighted by Gasteiger charge is 2.21. The van der Waals surface area contributed by atoms with Gasteiger partial charge in [-0.05, 0) is 36.0 Å². The maximum absolute atomic E-state index is 12.8. The zero-order valence-electron chi connectivity index (χ0n) is 16.1. The van der Waals surface area contributed by atoms with Crippen molar-refractivity contribution in [2.45, 2.75) is 20.3 Å². The Morgan fingerprint density at radius 1 is 1.07 bits per heavy atom. The van der Waals surface area contributed by atoms with Crippen LogP contribution in [-0.2, 0) is 0 Å². The lowest BCUT2D eigenvalue weighted by atomic mass is 9.92. The van der Waals surface area contributed by atoms with E-state index in [2.05, 4.69) is 30.1 Å². The summed E-state index contributed by atoms with van der Waals surface area (Å²) >= 11 is 0. The molecule has 1 aliphatic heterocycles. The van der Waals surface area contributed by atoms with Crippen LogP contribution < -0.4 is 5.32 Å². The van der Waals surface area contributed by atoms with E-state index < -0.39 is 0 Å². The molecule has 27 heavy (non-hydrogen) atoms. The zero-order chi connectivity index (χ0) is 19.2. The Hall–Kier alpha value is -2.64. The first kappa shape index (κ1) is 19.1. The molecule has 0 aromatic heterocycles. The molecular weight excluding hydrogens is 334 g/mol. The fourth-order valence-corrected chi connectivity index (χ4v) is 4.13. The van der Waals surface area contributed by atoms with Crippen molar-refractivity contribution in [3.63, 3.8) is 0 Å². The quantitative estimate of drug-likeness (QED) is 0.878. The van der Waals surface area contributed by atoms with Gasteiger partial charge in [-0.3, -0.25) is 4.79 Å². The molecule has 1 saturated heterocycles. The third-order valence-corrected chi connectivity index (χ3v) is 5.17. The molecule has 2 atom stereocenters. The van der Waals surface area contributed by atoms with Crippen molar-refractivity contribution in [3.8, 4) is 17.2 Å². The number of nitrogens with zero attached hydrogens (tertiary/aromatic N) is 2. The smallest absolute Gasteiger partial charge is 0.251 e. The number of nitrogens with one attached hydrogen (secondary N) is 1. The number of nitriles is 1. The van der Waals surface area contributed by atoms with E-state index in [1.807, 2.05) is 42.5 Å². The average Bonchev–Trinajstić information content (AvgIpc) is 2.67. The number of likely N-dealkylation sites (tertiary alicyclic amines) is 1. The van der Waals surface area contributed by atoms with Gasteiger partial charge in [0.25, 0.3) is 5.91 Å². The second-order valence-corrected chi connectivity index (χ2v) is 7.66. The first-order valence-corrected chi connectivity index (χ1v) is 9.67. The largest absolute Gasteiger partial charge is 0.351 e.